The van der Waals surface area contributed by atoms with Crippen molar-refractivity contribution in [2.45, 2.75) is 45.1 Å². The van der Waals surface area contributed by atoms with Crippen LogP contribution in [0.25, 0.3) is 0 Å². The highest BCUT2D eigenvalue weighted by Gasteiger charge is 2.55. The second-order valence-electron chi connectivity index (χ2n) is 8.19. The van der Waals surface area contributed by atoms with Gasteiger partial charge < -0.3 is 14.9 Å². The zero-order valence-corrected chi connectivity index (χ0v) is 16.4. The Bertz CT molecular complexity index is 762. The summed E-state index contributed by atoms with van der Waals surface area (Å²) in [6, 6.07) is 1.85. The number of aromatic nitrogens is 2. The number of carboxylic acid groups (broad SMARTS) is 1. The highest BCUT2D eigenvalue weighted by molar-refractivity contribution is 5.93. The molecule has 2 aliphatic heterocycles. The van der Waals surface area contributed by atoms with Gasteiger partial charge in [0.15, 0.2) is 0 Å². The first kappa shape index (κ1) is 19.4. The predicted molar refractivity (Wildman–Crippen MR) is 98.1 cm³/mol. The highest BCUT2D eigenvalue weighted by atomic mass is 16.4. The molecule has 0 bridgehead atoms. The van der Waals surface area contributed by atoms with Gasteiger partial charge in [-0.05, 0) is 31.2 Å². The van der Waals surface area contributed by atoms with E-state index in [-0.39, 0.29) is 18.2 Å². The second kappa shape index (κ2) is 6.98. The fourth-order valence-electron chi connectivity index (χ4n) is 4.49. The molecule has 3 rings (SSSR count). The van der Waals surface area contributed by atoms with Crippen molar-refractivity contribution in [2.24, 2.45) is 18.9 Å². The van der Waals surface area contributed by atoms with Crippen molar-refractivity contribution in [3.05, 3.63) is 17.5 Å². The summed E-state index contributed by atoms with van der Waals surface area (Å²) in [7, 11) is 3.45. The molecule has 0 aliphatic carbocycles. The van der Waals surface area contributed by atoms with Gasteiger partial charge in [-0.25, -0.2) is 0 Å². The molecule has 0 radical (unpaired) electrons. The summed E-state index contributed by atoms with van der Waals surface area (Å²) in [5.74, 6) is -1.40. The van der Waals surface area contributed by atoms with Crippen LogP contribution >= 0.6 is 0 Å². The highest BCUT2D eigenvalue weighted by Crippen LogP contribution is 2.43. The number of carbonyl (C=O) groups is 3. The van der Waals surface area contributed by atoms with Gasteiger partial charge in [0.1, 0.15) is 5.69 Å². The van der Waals surface area contributed by atoms with Gasteiger partial charge in [-0.15, -0.1) is 0 Å². The molecule has 148 valence electrons. The van der Waals surface area contributed by atoms with Crippen molar-refractivity contribution < 1.29 is 19.5 Å². The number of likely N-dealkylation sites (tertiary alicyclic amines) is 2. The van der Waals surface area contributed by atoms with E-state index in [0.717, 1.165) is 12.1 Å². The number of nitrogens with zero attached hydrogens (tertiary/aromatic N) is 4. The van der Waals surface area contributed by atoms with Gasteiger partial charge in [-0.3, -0.25) is 19.1 Å². The number of carboxylic acids is 1. The molecule has 27 heavy (non-hydrogen) atoms. The molecule has 1 atom stereocenters. The lowest BCUT2D eigenvalue weighted by molar-refractivity contribution is -0.145. The molecule has 2 fully saturated rings. The van der Waals surface area contributed by atoms with E-state index in [9.17, 15) is 19.5 Å². The number of hydrogen-bond donors (Lipinski definition) is 1. The Kier molecular flexibility index (Phi) is 5.01. The predicted octanol–water partition coefficient (Wildman–Crippen LogP) is 1.16. The monoisotopic (exact) mass is 376 g/mol. The third-order valence-corrected chi connectivity index (χ3v) is 6.05. The van der Waals surface area contributed by atoms with Crippen molar-refractivity contribution >= 4 is 17.8 Å². The van der Waals surface area contributed by atoms with E-state index in [4.69, 9.17) is 0 Å². The Balaban J connectivity index is 1.74. The van der Waals surface area contributed by atoms with Crippen LogP contribution in [-0.2, 0) is 23.1 Å². The zero-order valence-electron chi connectivity index (χ0n) is 16.4. The van der Waals surface area contributed by atoms with E-state index in [1.165, 1.54) is 0 Å². The molecule has 3 heterocycles. The van der Waals surface area contributed by atoms with Crippen LogP contribution in [0.3, 0.4) is 0 Å². The average Bonchev–Trinajstić information content (AvgIpc) is 3.07. The first-order chi connectivity index (χ1) is 12.7. The van der Waals surface area contributed by atoms with Gasteiger partial charge in [0, 0.05) is 33.6 Å². The molecule has 8 nitrogen and oxygen atoms in total. The molecule has 1 aromatic heterocycles. The standard InChI is InChI=1S/C19H28N4O4/c1-12(2)9-13-10-15(22(4)20-13)17(25)23-7-5-19(6-8-23)14(18(26)27)11-16(24)21(19)3/h10,12,14H,5-9,11H2,1-4H3,(H,26,27)/t14-/m0/s1. The zero-order chi connectivity index (χ0) is 19.9. The van der Waals surface area contributed by atoms with Crippen molar-refractivity contribution in [3.63, 3.8) is 0 Å². The third kappa shape index (κ3) is 3.33. The van der Waals surface area contributed by atoms with Crippen LogP contribution < -0.4 is 0 Å². The third-order valence-electron chi connectivity index (χ3n) is 6.05. The number of hydrogen-bond acceptors (Lipinski definition) is 4. The van der Waals surface area contributed by atoms with Crippen molar-refractivity contribution in [1.82, 2.24) is 19.6 Å². The van der Waals surface area contributed by atoms with E-state index in [1.54, 1.807) is 28.6 Å². The molecular weight excluding hydrogens is 348 g/mol. The van der Waals surface area contributed by atoms with Crippen LogP contribution in [0.2, 0.25) is 0 Å². The lowest BCUT2D eigenvalue weighted by Gasteiger charge is -2.45. The number of carbonyl (C=O) groups excluding carboxylic acids is 2. The van der Waals surface area contributed by atoms with Crippen molar-refractivity contribution in [2.75, 3.05) is 20.1 Å². The Morgan fingerprint density at radius 3 is 2.48 bits per heavy atom. The molecule has 1 N–H and O–H groups in total. The van der Waals surface area contributed by atoms with Gasteiger partial charge in [0.05, 0.1) is 17.2 Å². The van der Waals surface area contributed by atoms with Crippen LogP contribution in [-0.4, -0.2) is 68.1 Å². The molecule has 0 saturated carbocycles. The second-order valence-corrected chi connectivity index (χ2v) is 8.19. The molecular formula is C19H28N4O4. The number of aliphatic carboxylic acids is 1. The lowest BCUT2D eigenvalue weighted by atomic mass is 9.77. The topological polar surface area (TPSA) is 95.7 Å². The average molecular weight is 376 g/mol. The molecule has 1 spiro atoms. The van der Waals surface area contributed by atoms with Crippen LogP contribution in [0.5, 0.6) is 0 Å². The van der Waals surface area contributed by atoms with Gasteiger partial charge >= 0.3 is 5.97 Å². The first-order valence-corrected chi connectivity index (χ1v) is 9.47. The van der Waals surface area contributed by atoms with Crippen LogP contribution in [0.1, 0.15) is 49.3 Å². The summed E-state index contributed by atoms with van der Waals surface area (Å²) < 4.78 is 1.62. The summed E-state index contributed by atoms with van der Waals surface area (Å²) in [6.07, 6.45) is 1.82. The van der Waals surface area contributed by atoms with Crippen LogP contribution in [0, 0.1) is 11.8 Å². The Hall–Kier alpha value is -2.38. The summed E-state index contributed by atoms with van der Waals surface area (Å²) in [4.78, 5) is 40.1. The minimum Gasteiger partial charge on any atom is -0.481 e. The van der Waals surface area contributed by atoms with Crippen molar-refractivity contribution in [1.29, 1.82) is 0 Å². The van der Waals surface area contributed by atoms with Gasteiger partial charge in [0.25, 0.3) is 5.91 Å². The van der Waals surface area contributed by atoms with Crippen LogP contribution in [0.15, 0.2) is 6.07 Å². The maximum Gasteiger partial charge on any atom is 0.309 e. The first-order valence-electron chi connectivity index (χ1n) is 9.47. The molecule has 1 aromatic rings. The summed E-state index contributed by atoms with van der Waals surface area (Å²) >= 11 is 0. The SMILES string of the molecule is CC(C)Cc1cc(C(=O)N2CCC3(CC2)[C@H](C(=O)O)CC(=O)N3C)n(C)n1. The van der Waals surface area contributed by atoms with Crippen molar-refractivity contribution in [3.8, 4) is 0 Å². The number of piperidine rings is 1. The lowest BCUT2D eigenvalue weighted by Crippen LogP contribution is -2.57. The molecule has 0 unspecified atom stereocenters. The molecule has 2 amide bonds. The minimum atomic E-state index is -0.933. The van der Waals surface area contributed by atoms with Crippen LogP contribution in [0.4, 0.5) is 0 Å². The minimum absolute atomic E-state index is 0.0417. The van der Waals surface area contributed by atoms with Gasteiger partial charge in [-0.2, -0.15) is 5.10 Å². The number of aryl methyl sites for hydroxylation is 1. The van der Waals surface area contributed by atoms with Gasteiger partial charge in [-0.1, -0.05) is 13.8 Å². The van der Waals surface area contributed by atoms with E-state index in [0.29, 0.717) is 37.5 Å². The van der Waals surface area contributed by atoms with E-state index >= 15 is 0 Å². The smallest absolute Gasteiger partial charge is 0.309 e. The number of amides is 2. The molecule has 0 aromatic carbocycles. The number of rotatable bonds is 4. The molecule has 2 aliphatic rings. The fraction of sp³-hybridized carbons (Fsp3) is 0.684. The van der Waals surface area contributed by atoms with E-state index in [1.807, 2.05) is 6.07 Å². The summed E-state index contributed by atoms with van der Waals surface area (Å²) in [5, 5.41) is 14.0. The van der Waals surface area contributed by atoms with Gasteiger partial charge in [0.2, 0.25) is 5.91 Å². The van der Waals surface area contributed by atoms with E-state index < -0.39 is 17.4 Å². The largest absolute Gasteiger partial charge is 0.481 e. The van der Waals surface area contributed by atoms with E-state index in [2.05, 4.69) is 18.9 Å². The summed E-state index contributed by atoms with van der Waals surface area (Å²) in [6.45, 7) is 5.09. The Labute approximate surface area is 159 Å². The quantitative estimate of drug-likeness (QED) is 0.851. The molecule has 2 saturated heterocycles. The fourth-order valence-corrected chi connectivity index (χ4v) is 4.49. The Morgan fingerprint density at radius 1 is 1.30 bits per heavy atom. The maximum absolute atomic E-state index is 13.0. The molecule has 8 heteroatoms. The Morgan fingerprint density at radius 2 is 1.93 bits per heavy atom. The normalized spacial score (nSPS) is 22.1. The maximum atomic E-state index is 13.0. The summed E-state index contributed by atoms with van der Waals surface area (Å²) in [5.41, 5.74) is 0.762.